The van der Waals surface area contributed by atoms with E-state index in [1.165, 1.54) is 5.69 Å². The zero-order valence-electron chi connectivity index (χ0n) is 15.9. The van der Waals surface area contributed by atoms with Crippen molar-refractivity contribution in [3.63, 3.8) is 0 Å². The smallest absolute Gasteiger partial charge is 0.180 e. The van der Waals surface area contributed by atoms with Crippen LogP contribution in [0.1, 0.15) is 17.8 Å². The molecule has 0 radical (unpaired) electrons. The number of aryl methyl sites for hydroxylation is 3. The van der Waals surface area contributed by atoms with Crippen LogP contribution in [0.4, 0.5) is 5.69 Å². The van der Waals surface area contributed by atoms with Gasteiger partial charge in [-0.25, -0.2) is 4.68 Å². The first-order valence-corrected chi connectivity index (χ1v) is 10.2. The van der Waals surface area contributed by atoms with Crippen molar-refractivity contribution in [2.45, 2.75) is 33.5 Å². The Kier molecular flexibility index (Phi) is 7.05. The van der Waals surface area contributed by atoms with E-state index in [0.29, 0.717) is 11.8 Å². The monoisotopic (exact) mass is 462 g/mol. The molecule has 28 heavy (non-hydrogen) atoms. The number of ether oxygens (including phenoxy) is 1. The van der Waals surface area contributed by atoms with E-state index >= 15 is 0 Å². The molecule has 0 spiro atoms. The Morgan fingerprint density at radius 2 is 2.04 bits per heavy atom. The summed E-state index contributed by atoms with van der Waals surface area (Å²) < 4.78 is 10.4. The van der Waals surface area contributed by atoms with Crippen molar-refractivity contribution in [3.05, 3.63) is 58.6 Å². The Balaban J connectivity index is 1.37. The summed E-state index contributed by atoms with van der Waals surface area (Å²) in [7, 11) is 0. The van der Waals surface area contributed by atoms with Crippen LogP contribution in [0.15, 0.2) is 47.2 Å². The molecule has 0 unspecified atom stereocenters. The van der Waals surface area contributed by atoms with Gasteiger partial charge >= 0.3 is 0 Å². The van der Waals surface area contributed by atoms with Gasteiger partial charge in [-0.15, -0.1) is 0 Å². The van der Waals surface area contributed by atoms with Crippen LogP contribution in [0, 0.1) is 13.8 Å². The summed E-state index contributed by atoms with van der Waals surface area (Å²) in [6.45, 7) is 6.03. The molecule has 0 bridgehead atoms. The van der Waals surface area contributed by atoms with E-state index in [0.717, 1.165) is 41.1 Å². The number of benzene rings is 1. The van der Waals surface area contributed by atoms with E-state index in [4.69, 9.17) is 17.0 Å². The lowest BCUT2D eigenvalue weighted by Crippen LogP contribution is -2.29. The van der Waals surface area contributed by atoms with E-state index in [2.05, 4.69) is 49.8 Å². The number of halogens is 1. The second-order valence-corrected chi connectivity index (χ2v) is 7.70. The van der Waals surface area contributed by atoms with Gasteiger partial charge in [0, 0.05) is 23.3 Å². The highest BCUT2D eigenvalue weighted by atomic mass is 79.9. The quantitative estimate of drug-likeness (QED) is 0.391. The van der Waals surface area contributed by atoms with Crippen LogP contribution < -0.4 is 15.4 Å². The molecule has 9 heteroatoms. The zero-order valence-corrected chi connectivity index (χ0v) is 18.3. The molecule has 0 saturated carbocycles. The number of nitrogens with one attached hydrogen (secondary N) is 2. The molecule has 0 fully saturated rings. The summed E-state index contributed by atoms with van der Waals surface area (Å²) in [6, 6.07) is 9.75. The van der Waals surface area contributed by atoms with E-state index in [-0.39, 0.29) is 0 Å². The molecule has 148 valence electrons. The number of nitrogens with zero attached hydrogens (tertiary/aromatic N) is 4. The van der Waals surface area contributed by atoms with Gasteiger partial charge in [0.25, 0.3) is 0 Å². The molecule has 0 aliphatic rings. The first-order valence-electron chi connectivity index (χ1n) is 8.96. The van der Waals surface area contributed by atoms with Gasteiger partial charge in [-0.2, -0.15) is 10.2 Å². The first-order chi connectivity index (χ1) is 13.5. The Hall–Kier alpha value is -2.39. The average Bonchev–Trinajstić information content (AvgIpc) is 3.24. The summed E-state index contributed by atoms with van der Waals surface area (Å²) >= 11 is 8.74. The van der Waals surface area contributed by atoms with Crippen LogP contribution in [-0.2, 0) is 13.3 Å². The van der Waals surface area contributed by atoms with E-state index in [1.54, 1.807) is 10.9 Å². The van der Waals surface area contributed by atoms with Crippen LogP contribution in [0.2, 0.25) is 0 Å². The topological polar surface area (TPSA) is 68.9 Å². The normalized spacial score (nSPS) is 10.7. The molecule has 3 aromatic rings. The Morgan fingerprint density at radius 3 is 2.75 bits per heavy atom. The van der Waals surface area contributed by atoms with Crippen LogP contribution in [0.5, 0.6) is 5.75 Å². The molecule has 0 atom stereocenters. The fourth-order valence-electron chi connectivity index (χ4n) is 2.68. The molecular weight excluding hydrogens is 440 g/mol. The fraction of sp³-hybridized carbons (Fsp3) is 0.316. The third-order valence-corrected chi connectivity index (χ3v) is 4.78. The van der Waals surface area contributed by atoms with Gasteiger partial charge in [0.15, 0.2) is 11.8 Å². The number of anilines is 1. The fourth-order valence-corrected chi connectivity index (χ4v) is 3.16. The van der Waals surface area contributed by atoms with Crippen LogP contribution in [0.25, 0.3) is 0 Å². The van der Waals surface area contributed by atoms with Crippen molar-refractivity contribution in [2.75, 3.05) is 11.9 Å². The lowest BCUT2D eigenvalue weighted by atomic mass is 10.3. The second kappa shape index (κ2) is 9.70. The van der Waals surface area contributed by atoms with Gasteiger partial charge in [-0.3, -0.25) is 4.68 Å². The number of rotatable bonds is 8. The van der Waals surface area contributed by atoms with Crippen LogP contribution in [0.3, 0.4) is 0 Å². The van der Waals surface area contributed by atoms with Crippen molar-refractivity contribution >= 4 is 38.9 Å². The Bertz CT molecular complexity index is 921. The van der Waals surface area contributed by atoms with Gasteiger partial charge in [0.2, 0.25) is 0 Å². The molecule has 0 saturated heterocycles. The maximum absolute atomic E-state index is 5.69. The third-order valence-electron chi connectivity index (χ3n) is 4.00. The minimum absolute atomic E-state index is 0.326. The SMILES string of the molecule is Cc1cc(C)n(CCCNC(=S)Nc2cnn(COc3ccc(Br)cc3)c2)n1. The number of hydrogen-bond donors (Lipinski definition) is 2. The van der Waals surface area contributed by atoms with Gasteiger partial charge in [-0.1, -0.05) is 15.9 Å². The highest BCUT2D eigenvalue weighted by Crippen LogP contribution is 2.16. The van der Waals surface area contributed by atoms with E-state index in [1.807, 2.05) is 42.1 Å². The minimum atomic E-state index is 0.326. The number of thiocarbonyl (C=S) groups is 1. The Labute approximate surface area is 178 Å². The first kappa shape index (κ1) is 20.3. The molecule has 2 N–H and O–H groups in total. The zero-order chi connectivity index (χ0) is 19.9. The molecule has 1 aromatic carbocycles. The molecule has 0 aliphatic carbocycles. The molecular formula is C19H23BrN6OS. The average molecular weight is 463 g/mol. The largest absolute Gasteiger partial charge is 0.471 e. The predicted molar refractivity (Wildman–Crippen MR) is 118 cm³/mol. The molecule has 0 aliphatic heterocycles. The maximum Gasteiger partial charge on any atom is 0.180 e. The summed E-state index contributed by atoms with van der Waals surface area (Å²) in [6.07, 6.45) is 4.50. The molecule has 3 rings (SSSR count). The van der Waals surface area contributed by atoms with Crippen molar-refractivity contribution in [3.8, 4) is 5.75 Å². The second-order valence-electron chi connectivity index (χ2n) is 6.38. The number of aromatic nitrogens is 4. The number of hydrogen-bond acceptors (Lipinski definition) is 4. The summed E-state index contributed by atoms with van der Waals surface area (Å²) in [5.74, 6) is 0.785. The third kappa shape index (κ3) is 6.07. The van der Waals surface area contributed by atoms with E-state index < -0.39 is 0 Å². The van der Waals surface area contributed by atoms with Crippen molar-refractivity contribution in [1.82, 2.24) is 24.9 Å². The van der Waals surface area contributed by atoms with Crippen LogP contribution >= 0.6 is 28.1 Å². The molecule has 2 aromatic heterocycles. The van der Waals surface area contributed by atoms with Crippen molar-refractivity contribution in [2.24, 2.45) is 0 Å². The predicted octanol–water partition coefficient (Wildman–Crippen LogP) is 3.87. The molecule has 2 heterocycles. The minimum Gasteiger partial charge on any atom is -0.471 e. The summed E-state index contributed by atoms with van der Waals surface area (Å²) in [4.78, 5) is 0. The van der Waals surface area contributed by atoms with Crippen molar-refractivity contribution in [1.29, 1.82) is 0 Å². The summed E-state index contributed by atoms with van der Waals surface area (Å²) in [5, 5.41) is 15.6. The standard InChI is InChI=1S/C19H23BrN6OS/c1-14-10-15(2)26(24-14)9-3-8-21-19(28)23-17-11-22-25(12-17)13-27-18-6-4-16(20)5-7-18/h4-7,10-12H,3,8-9,13H2,1-2H3,(H2,21,23,28). The highest BCUT2D eigenvalue weighted by molar-refractivity contribution is 9.10. The Morgan fingerprint density at radius 1 is 1.25 bits per heavy atom. The lowest BCUT2D eigenvalue weighted by Gasteiger charge is -2.09. The van der Waals surface area contributed by atoms with Gasteiger partial charge < -0.3 is 15.4 Å². The molecule has 7 nitrogen and oxygen atoms in total. The summed E-state index contributed by atoms with van der Waals surface area (Å²) in [5.41, 5.74) is 3.04. The van der Waals surface area contributed by atoms with Gasteiger partial charge in [0.05, 0.1) is 23.8 Å². The van der Waals surface area contributed by atoms with E-state index in [9.17, 15) is 0 Å². The maximum atomic E-state index is 5.69. The van der Waals surface area contributed by atoms with Gasteiger partial charge in [0.1, 0.15) is 5.75 Å². The highest BCUT2D eigenvalue weighted by Gasteiger charge is 2.03. The lowest BCUT2D eigenvalue weighted by molar-refractivity contribution is 0.221. The van der Waals surface area contributed by atoms with Crippen molar-refractivity contribution < 1.29 is 4.74 Å². The van der Waals surface area contributed by atoms with Gasteiger partial charge in [-0.05, 0) is 62.8 Å². The molecule has 0 amide bonds. The van der Waals surface area contributed by atoms with Crippen LogP contribution in [-0.4, -0.2) is 31.2 Å².